The minimum atomic E-state index is -1.12. The molecule has 0 aliphatic carbocycles. The van der Waals surface area contributed by atoms with E-state index in [9.17, 15) is 4.79 Å². The molecule has 0 saturated carbocycles. The normalized spacial score (nSPS) is 12.4. The van der Waals surface area contributed by atoms with Crippen molar-refractivity contribution < 1.29 is 19.4 Å². The summed E-state index contributed by atoms with van der Waals surface area (Å²) in [6, 6.07) is 0.193. The Balaban J connectivity index is 2.29. The standard InChI is InChI=1S/C9H14N2O4/c1-6(12)3-2-4-10-9-11-7(5-15-9)8(13)14/h5-6,12H,2-4H2,1H3,(H,10,11)(H,13,14). The Bertz CT molecular complexity index is 322. The van der Waals surface area contributed by atoms with Gasteiger partial charge >= 0.3 is 5.97 Å². The lowest BCUT2D eigenvalue weighted by molar-refractivity contribution is 0.0690. The summed E-state index contributed by atoms with van der Waals surface area (Å²) in [4.78, 5) is 14.1. The van der Waals surface area contributed by atoms with E-state index in [-0.39, 0.29) is 17.8 Å². The summed E-state index contributed by atoms with van der Waals surface area (Å²) in [7, 11) is 0. The lowest BCUT2D eigenvalue weighted by atomic mass is 10.2. The number of aromatic nitrogens is 1. The molecule has 1 atom stereocenters. The zero-order valence-corrected chi connectivity index (χ0v) is 8.43. The van der Waals surface area contributed by atoms with Crippen molar-refractivity contribution in [2.24, 2.45) is 0 Å². The van der Waals surface area contributed by atoms with Crippen LogP contribution in [-0.2, 0) is 0 Å². The highest BCUT2D eigenvalue weighted by atomic mass is 16.4. The van der Waals surface area contributed by atoms with Crippen LogP contribution in [-0.4, -0.2) is 33.8 Å². The first-order valence-electron chi connectivity index (χ1n) is 4.70. The van der Waals surface area contributed by atoms with Gasteiger partial charge in [-0.1, -0.05) is 0 Å². The van der Waals surface area contributed by atoms with E-state index in [2.05, 4.69) is 10.3 Å². The number of nitrogens with zero attached hydrogens (tertiary/aromatic N) is 1. The smallest absolute Gasteiger partial charge is 0.357 e. The molecule has 1 heterocycles. The number of anilines is 1. The van der Waals surface area contributed by atoms with Crippen molar-refractivity contribution in [3.05, 3.63) is 12.0 Å². The SMILES string of the molecule is CC(O)CCCNc1nc(C(=O)O)co1. The third kappa shape index (κ3) is 3.99. The first kappa shape index (κ1) is 11.5. The first-order chi connectivity index (χ1) is 7.09. The molecule has 1 aromatic heterocycles. The van der Waals surface area contributed by atoms with Crippen LogP contribution in [0.4, 0.5) is 6.01 Å². The molecule has 0 aliphatic heterocycles. The second-order valence-corrected chi connectivity index (χ2v) is 3.26. The molecular weight excluding hydrogens is 200 g/mol. The number of aliphatic hydroxyl groups excluding tert-OH is 1. The van der Waals surface area contributed by atoms with Crippen LogP contribution in [0.25, 0.3) is 0 Å². The lowest BCUT2D eigenvalue weighted by Gasteiger charge is -2.03. The Labute approximate surface area is 86.9 Å². The second-order valence-electron chi connectivity index (χ2n) is 3.26. The van der Waals surface area contributed by atoms with Gasteiger partial charge in [-0.2, -0.15) is 4.98 Å². The van der Waals surface area contributed by atoms with Crippen LogP contribution in [0, 0.1) is 0 Å². The molecule has 0 aliphatic rings. The van der Waals surface area contributed by atoms with Crippen molar-refractivity contribution in [2.75, 3.05) is 11.9 Å². The van der Waals surface area contributed by atoms with Gasteiger partial charge in [-0.15, -0.1) is 0 Å². The summed E-state index contributed by atoms with van der Waals surface area (Å²) in [5.41, 5.74) is -0.118. The number of carboxylic acid groups (broad SMARTS) is 1. The third-order valence-corrected chi connectivity index (χ3v) is 1.80. The molecule has 0 saturated heterocycles. The van der Waals surface area contributed by atoms with Gasteiger partial charge < -0.3 is 19.9 Å². The Morgan fingerprint density at radius 1 is 1.73 bits per heavy atom. The Morgan fingerprint density at radius 2 is 2.47 bits per heavy atom. The highest BCUT2D eigenvalue weighted by Gasteiger charge is 2.09. The van der Waals surface area contributed by atoms with E-state index in [1.807, 2.05) is 0 Å². The van der Waals surface area contributed by atoms with E-state index >= 15 is 0 Å². The number of rotatable bonds is 6. The van der Waals surface area contributed by atoms with Crippen molar-refractivity contribution in [1.82, 2.24) is 4.98 Å². The number of carbonyl (C=O) groups is 1. The number of carboxylic acids is 1. The molecule has 6 heteroatoms. The summed E-state index contributed by atoms with van der Waals surface area (Å²) in [5.74, 6) is -1.12. The summed E-state index contributed by atoms with van der Waals surface area (Å²) < 4.78 is 4.87. The Hall–Kier alpha value is -1.56. The van der Waals surface area contributed by atoms with Crippen molar-refractivity contribution in [3.63, 3.8) is 0 Å². The van der Waals surface area contributed by atoms with E-state index in [0.29, 0.717) is 13.0 Å². The van der Waals surface area contributed by atoms with Gasteiger partial charge in [0.05, 0.1) is 6.10 Å². The van der Waals surface area contributed by atoms with E-state index in [4.69, 9.17) is 14.6 Å². The van der Waals surface area contributed by atoms with Crippen molar-refractivity contribution in [3.8, 4) is 0 Å². The average molecular weight is 214 g/mol. The van der Waals surface area contributed by atoms with Crippen LogP contribution in [0.5, 0.6) is 0 Å². The monoisotopic (exact) mass is 214 g/mol. The zero-order valence-electron chi connectivity index (χ0n) is 8.43. The lowest BCUT2D eigenvalue weighted by Crippen LogP contribution is -2.07. The van der Waals surface area contributed by atoms with Crippen LogP contribution in [0.15, 0.2) is 10.7 Å². The Kier molecular flexibility index (Phi) is 4.11. The fourth-order valence-electron chi connectivity index (χ4n) is 1.05. The van der Waals surface area contributed by atoms with Gasteiger partial charge in [-0.3, -0.25) is 0 Å². The predicted molar refractivity (Wildman–Crippen MR) is 52.9 cm³/mol. The first-order valence-corrected chi connectivity index (χ1v) is 4.70. The largest absolute Gasteiger partial charge is 0.476 e. The summed E-state index contributed by atoms with van der Waals surface area (Å²) in [5, 5.41) is 20.4. The molecule has 0 fully saturated rings. The van der Waals surface area contributed by atoms with E-state index in [1.165, 1.54) is 0 Å². The maximum atomic E-state index is 10.5. The third-order valence-electron chi connectivity index (χ3n) is 1.80. The number of hydrogen-bond acceptors (Lipinski definition) is 5. The molecule has 1 aromatic rings. The van der Waals surface area contributed by atoms with Gasteiger partial charge in [0.25, 0.3) is 6.01 Å². The van der Waals surface area contributed by atoms with Crippen LogP contribution in [0.3, 0.4) is 0 Å². The van der Waals surface area contributed by atoms with Crippen LogP contribution in [0.1, 0.15) is 30.3 Å². The molecule has 0 bridgehead atoms. The molecule has 6 nitrogen and oxygen atoms in total. The minimum absolute atomic E-state index is 0.118. The number of nitrogens with one attached hydrogen (secondary N) is 1. The topological polar surface area (TPSA) is 95.6 Å². The van der Waals surface area contributed by atoms with Gasteiger partial charge in [-0.05, 0) is 19.8 Å². The van der Waals surface area contributed by atoms with E-state index < -0.39 is 5.97 Å². The highest BCUT2D eigenvalue weighted by Crippen LogP contribution is 2.07. The van der Waals surface area contributed by atoms with Crippen LogP contribution in [0.2, 0.25) is 0 Å². The maximum Gasteiger partial charge on any atom is 0.357 e. The molecule has 1 unspecified atom stereocenters. The molecule has 0 aromatic carbocycles. The molecule has 15 heavy (non-hydrogen) atoms. The number of oxazole rings is 1. The molecule has 1 rings (SSSR count). The van der Waals surface area contributed by atoms with Gasteiger partial charge in [0.1, 0.15) is 6.26 Å². The van der Waals surface area contributed by atoms with Gasteiger partial charge in [-0.25, -0.2) is 4.79 Å². The molecular formula is C9H14N2O4. The summed E-state index contributed by atoms with van der Waals surface area (Å²) in [6.07, 6.45) is 2.20. The van der Waals surface area contributed by atoms with Crippen molar-refractivity contribution >= 4 is 12.0 Å². The Morgan fingerprint density at radius 3 is 3.00 bits per heavy atom. The maximum absolute atomic E-state index is 10.5. The molecule has 0 spiro atoms. The van der Waals surface area contributed by atoms with Gasteiger partial charge in [0.15, 0.2) is 5.69 Å². The van der Waals surface area contributed by atoms with Crippen molar-refractivity contribution in [1.29, 1.82) is 0 Å². The number of aromatic carboxylic acids is 1. The van der Waals surface area contributed by atoms with Crippen molar-refractivity contribution in [2.45, 2.75) is 25.9 Å². The predicted octanol–water partition coefficient (Wildman–Crippen LogP) is 0.946. The van der Waals surface area contributed by atoms with E-state index in [1.54, 1.807) is 6.92 Å². The highest BCUT2D eigenvalue weighted by molar-refractivity contribution is 5.85. The molecule has 0 amide bonds. The molecule has 3 N–H and O–H groups in total. The number of hydrogen-bond donors (Lipinski definition) is 3. The van der Waals surface area contributed by atoms with Crippen LogP contribution >= 0.6 is 0 Å². The zero-order chi connectivity index (χ0) is 11.3. The quantitative estimate of drug-likeness (QED) is 0.610. The fourth-order valence-corrected chi connectivity index (χ4v) is 1.05. The molecule has 84 valence electrons. The number of aliphatic hydroxyl groups is 1. The second kappa shape index (κ2) is 5.35. The summed E-state index contributed by atoms with van der Waals surface area (Å²) in [6.45, 7) is 2.30. The molecule has 0 radical (unpaired) electrons. The van der Waals surface area contributed by atoms with Gasteiger partial charge in [0, 0.05) is 6.54 Å². The average Bonchev–Trinajstić information content (AvgIpc) is 2.60. The summed E-state index contributed by atoms with van der Waals surface area (Å²) >= 11 is 0. The van der Waals surface area contributed by atoms with Crippen LogP contribution < -0.4 is 5.32 Å². The van der Waals surface area contributed by atoms with E-state index in [0.717, 1.165) is 12.7 Å². The minimum Gasteiger partial charge on any atom is -0.476 e. The van der Waals surface area contributed by atoms with Gasteiger partial charge in [0.2, 0.25) is 0 Å². The fraction of sp³-hybridized carbons (Fsp3) is 0.556.